The number of nitro benzene ring substituents is 1. The van der Waals surface area contributed by atoms with Crippen LogP contribution < -0.4 is 11.1 Å². The predicted molar refractivity (Wildman–Crippen MR) is 61.9 cm³/mol. The Labute approximate surface area is 111 Å². The molecule has 0 fully saturated rings. The lowest BCUT2D eigenvalue weighted by Crippen LogP contribution is -2.30. The molecule has 0 spiro atoms. The highest BCUT2D eigenvalue weighted by Gasteiger charge is 2.42. The number of benzene rings is 1. The van der Waals surface area contributed by atoms with Crippen molar-refractivity contribution in [3.63, 3.8) is 0 Å². The van der Waals surface area contributed by atoms with E-state index in [1.54, 1.807) is 4.98 Å². The number of halogens is 4. The summed E-state index contributed by atoms with van der Waals surface area (Å²) in [5, 5.41) is 9.93. The number of fused-ring (bicyclic) bond motifs is 1. The van der Waals surface area contributed by atoms with Crippen LogP contribution >= 0.6 is 11.6 Å². The Morgan fingerprint density at radius 2 is 1.75 bits per heavy atom. The number of H-pyrrole nitrogens is 2. The first kappa shape index (κ1) is 14.1. The maximum absolute atomic E-state index is 13.0. The molecule has 1 heterocycles. The van der Waals surface area contributed by atoms with E-state index in [9.17, 15) is 32.9 Å². The van der Waals surface area contributed by atoms with E-state index in [4.69, 9.17) is 11.6 Å². The van der Waals surface area contributed by atoms with Crippen molar-refractivity contribution in [3.8, 4) is 0 Å². The van der Waals surface area contributed by atoms with Crippen LogP contribution in [-0.4, -0.2) is 14.9 Å². The number of nitrogens with one attached hydrogen (secondary N) is 2. The highest BCUT2D eigenvalue weighted by Crippen LogP contribution is 2.43. The molecular weight excluding hydrogens is 307 g/mol. The lowest BCUT2D eigenvalue weighted by atomic mass is 10.1. The molecule has 0 radical (unpaired) electrons. The van der Waals surface area contributed by atoms with Crippen molar-refractivity contribution in [1.29, 1.82) is 0 Å². The van der Waals surface area contributed by atoms with Crippen molar-refractivity contribution in [1.82, 2.24) is 9.97 Å². The van der Waals surface area contributed by atoms with E-state index >= 15 is 0 Å². The summed E-state index contributed by atoms with van der Waals surface area (Å²) in [6.45, 7) is 0. The number of nitrogens with zero attached hydrogens (tertiary/aromatic N) is 1. The van der Waals surface area contributed by atoms with Crippen molar-refractivity contribution in [2.45, 2.75) is 6.18 Å². The average Bonchev–Trinajstić information content (AvgIpc) is 2.28. The monoisotopic (exact) mass is 309 g/mol. The Kier molecular flexibility index (Phi) is 3.05. The Morgan fingerprint density at radius 1 is 1.20 bits per heavy atom. The van der Waals surface area contributed by atoms with E-state index in [-0.39, 0.29) is 0 Å². The summed E-state index contributed by atoms with van der Waals surface area (Å²) in [5.74, 6) is 0. The smallest absolute Gasteiger partial charge is 0.316 e. The van der Waals surface area contributed by atoms with Crippen LogP contribution in [0.25, 0.3) is 11.0 Å². The molecule has 0 aliphatic heterocycles. The third-order valence-corrected chi connectivity index (χ3v) is 2.70. The van der Waals surface area contributed by atoms with E-state index < -0.39 is 49.5 Å². The van der Waals surface area contributed by atoms with Crippen LogP contribution in [0.15, 0.2) is 15.7 Å². The minimum Gasteiger partial charge on any atom is -0.316 e. The first-order valence-electron chi connectivity index (χ1n) is 4.83. The fourth-order valence-electron chi connectivity index (χ4n) is 1.67. The molecule has 106 valence electrons. The van der Waals surface area contributed by atoms with Crippen molar-refractivity contribution in [2.24, 2.45) is 0 Å². The highest BCUT2D eigenvalue weighted by atomic mass is 35.5. The maximum Gasteiger partial charge on any atom is 0.425 e. The van der Waals surface area contributed by atoms with Gasteiger partial charge in [0.2, 0.25) is 0 Å². The van der Waals surface area contributed by atoms with Crippen LogP contribution in [0.3, 0.4) is 0 Å². The Hall–Kier alpha value is -2.36. The summed E-state index contributed by atoms with van der Waals surface area (Å²) in [7, 11) is 0. The molecule has 2 rings (SSSR count). The van der Waals surface area contributed by atoms with Gasteiger partial charge < -0.3 is 9.97 Å². The van der Waals surface area contributed by atoms with Crippen molar-refractivity contribution in [2.75, 3.05) is 0 Å². The third kappa shape index (κ3) is 2.13. The maximum atomic E-state index is 13.0. The van der Waals surface area contributed by atoms with Gasteiger partial charge in [0.15, 0.2) is 5.56 Å². The number of aromatic amines is 2. The largest absolute Gasteiger partial charge is 0.425 e. The Bertz CT molecular complexity index is 839. The van der Waals surface area contributed by atoms with Crippen LogP contribution in [0.1, 0.15) is 5.56 Å². The zero-order chi connectivity index (χ0) is 15.2. The molecule has 0 aliphatic carbocycles. The van der Waals surface area contributed by atoms with Gasteiger partial charge in [0.05, 0.1) is 16.0 Å². The van der Waals surface area contributed by atoms with E-state index in [0.29, 0.717) is 0 Å². The molecule has 7 nitrogen and oxygen atoms in total. The van der Waals surface area contributed by atoms with Crippen molar-refractivity contribution in [3.05, 3.63) is 47.5 Å². The van der Waals surface area contributed by atoms with Gasteiger partial charge in [-0.3, -0.25) is 19.7 Å². The number of rotatable bonds is 1. The minimum atomic E-state index is -5.15. The molecule has 1 aromatic carbocycles. The Morgan fingerprint density at radius 3 is 2.25 bits per heavy atom. The molecule has 2 N–H and O–H groups in total. The summed E-state index contributed by atoms with van der Waals surface area (Å²) >= 11 is 5.45. The topological polar surface area (TPSA) is 109 Å². The summed E-state index contributed by atoms with van der Waals surface area (Å²) < 4.78 is 38.9. The fourth-order valence-corrected chi connectivity index (χ4v) is 1.94. The van der Waals surface area contributed by atoms with Gasteiger partial charge in [0, 0.05) is 0 Å². The predicted octanol–water partition coefficient (Wildman–Crippen LogP) is 1.80. The first-order chi connectivity index (χ1) is 9.12. The van der Waals surface area contributed by atoms with Crippen LogP contribution in [0.2, 0.25) is 5.02 Å². The molecule has 0 atom stereocenters. The van der Waals surface area contributed by atoms with Gasteiger partial charge >= 0.3 is 23.0 Å². The molecule has 2 aromatic rings. The van der Waals surface area contributed by atoms with Crippen molar-refractivity contribution >= 4 is 28.3 Å². The van der Waals surface area contributed by atoms with E-state index in [1.165, 1.54) is 0 Å². The summed E-state index contributed by atoms with van der Waals surface area (Å²) in [6.07, 6.45) is -5.15. The van der Waals surface area contributed by atoms with Gasteiger partial charge in [-0.1, -0.05) is 11.6 Å². The summed E-state index contributed by atoms with van der Waals surface area (Å²) in [5.41, 5.74) is -7.04. The van der Waals surface area contributed by atoms with Gasteiger partial charge in [-0.2, -0.15) is 13.2 Å². The molecule has 1 aromatic heterocycles. The lowest BCUT2D eigenvalue weighted by Gasteiger charge is -2.11. The summed E-state index contributed by atoms with van der Waals surface area (Å²) in [6, 6.07) is 0.765. The van der Waals surface area contributed by atoms with Gasteiger partial charge in [-0.25, -0.2) is 0 Å². The Balaban J connectivity index is 3.12. The lowest BCUT2D eigenvalue weighted by molar-refractivity contribution is -0.387. The number of hydrogen-bond donors (Lipinski definition) is 2. The molecular formula is C9H3ClF3N3O4. The van der Waals surface area contributed by atoms with Crippen molar-refractivity contribution < 1.29 is 18.1 Å². The standard InChI is InChI=1S/C9H3ClF3N3O4/c10-2-1-3-5(15-8(18)7(17)14-3)4(9(11,12)13)6(2)16(19)20/h1H,(H,14,17)(H,15,18). The zero-order valence-electron chi connectivity index (χ0n) is 9.17. The molecule has 0 aliphatic rings. The minimum absolute atomic E-state index is 0.461. The molecule has 20 heavy (non-hydrogen) atoms. The van der Waals surface area contributed by atoms with Gasteiger partial charge in [0.25, 0.3) is 0 Å². The molecule has 0 bridgehead atoms. The second-order valence-electron chi connectivity index (χ2n) is 3.67. The third-order valence-electron chi connectivity index (χ3n) is 2.41. The molecule has 0 saturated carbocycles. The van der Waals surface area contributed by atoms with Gasteiger partial charge in [0.1, 0.15) is 5.02 Å². The van der Waals surface area contributed by atoms with Crippen LogP contribution in [-0.2, 0) is 6.18 Å². The zero-order valence-corrected chi connectivity index (χ0v) is 9.93. The van der Waals surface area contributed by atoms with Crippen LogP contribution in [0.4, 0.5) is 18.9 Å². The summed E-state index contributed by atoms with van der Waals surface area (Å²) in [4.78, 5) is 35.2. The van der Waals surface area contributed by atoms with Crippen LogP contribution in [0, 0.1) is 10.1 Å². The van der Waals surface area contributed by atoms with E-state index in [2.05, 4.69) is 0 Å². The first-order valence-corrected chi connectivity index (χ1v) is 5.21. The number of alkyl halides is 3. The van der Waals surface area contributed by atoms with E-state index in [1.807, 2.05) is 4.98 Å². The molecule has 0 amide bonds. The normalized spacial score (nSPS) is 11.8. The van der Waals surface area contributed by atoms with Gasteiger partial charge in [-0.15, -0.1) is 0 Å². The number of nitro groups is 1. The van der Waals surface area contributed by atoms with Gasteiger partial charge in [-0.05, 0) is 6.07 Å². The number of hydrogen-bond acceptors (Lipinski definition) is 4. The van der Waals surface area contributed by atoms with E-state index in [0.717, 1.165) is 6.07 Å². The van der Waals surface area contributed by atoms with Crippen LogP contribution in [0.5, 0.6) is 0 Å². The average molecular weight is 310 g/mol. The second-order valence-corrected chi connectivity index (χ2v) is 4.07. The molecule has 0 saturated heterocycles. The molecule has 11 heteroatoms. The highest BCUT2D eigenvalue weighted by molar-refractivity contribution is 6.33. The quantitative estimate of drug-likeness (QED) is 0.475. The molecule has 0 unspecified atom stereocenters. The number of aromatic nitrogens is 2. The second kappa shape index (κ2) is 4.34. The SMILES string of the molecule is O=c1[nH]c2cc(Cl)c([N+](=O)[O-])c(C(F)(F)F)c2[nH]c1=O. The fraction of sp³-hybridized carbons (Fsp3) is 0.111.